The summed E-state index contributed by atoms with van der Waals surface area (Å²) in [6, 6.07) is 12.4. The van der Waals surface area contributed by atoms with Crippen molar-refractivity contribution < 1.29 is 26.0 Å². The van der Waals surface area contributed by atoms with Crippen LogP contribution in [0.25, 0.3) is 21.0 Å². The minimum Gasteiger partial charge on any atom is -0.244 e. The van der Waals surface area contributed by atoms with Crippen molar-refractivity contribution in [2.24, 2.45) is 11.8 Å². The fraction of sp³-hybridized carbons (Fsp3) is 0.400. The lowest BCUT2D eigenvalue weighted by molar-refractivity contribution is -0.136. The Balaban J connectivity index is 1.29. The van der Waals surface area contributed by atoms with Gasteiger partial charge in [0.2, 0.25) is 0 Å². The van der Waals surface area contributed by atoms with E-state index in [-0.39, 0.29) is 24.2 Å². The van der Waals surface area contributed by atoms with Gasteiger partial charge >= 0.3 is 6.18 Å². The van der Waals surface area contributed by atoms with E-state index in [0.29, 0.717) is 17.1 Å². The second-order valence-electron chi connectivity index (χ2n) is 9.93. The number of aromatic nitrogens is 1. The number of fused-ring (bicyclic) bond motifs is 1. The third kappa shape index (κ3) is 4.15. The van der Waals surface area contributed by atoms with Gasteiger partial charge in [-0.1, -0.05) is 24.3 Å². The molecule has 2 heterocycles. The van der Waals surface area contributed by atoms with Crippen molar-refractivity contribution in [3.63, 3.8) is 0 Å². The summed E-state index contributed by atoms with van der Waals surface area (Å²) in [6.45, 7) is -1.63. The normalized spacial score (nSPS) is 27.3. The van der Waals surface area contributed by atoms with Gasteiger partial charge in [-0.05, 0) is 72.4 Å². The summed E-state index contributed by atoms with van der Waals surface area (Å²) in [6.07, 6.45) is -0.0728. The predicted octanol–water partition coefficient (Wildman–Crippen LogP) is 5.19. The lowest BCUT2D eigenvalue weighted by Crippen LogP contribution is -2.52. The number of nitrogens with zero attached hydrogens (tertiary/aromatic N) is 2. The molecule has 6 rings (SSSR count). The summed E-state index contributed by atoms with van der Waals surface area (Å²) >= 11 is 1.50. The SMILES string of the molecule is O=S1(=O)N[C@@]2(CN1CC(F)(F)F)C1CC[C@H]2Cc2ccc(-c3ncc(-c4ccc(F)cc4)s3)cc2C1. The number of thiazole rings is 1. The summed E-state index contributed by atoms with van der Waals surface area (Å²) in [5, 5.41) is 0.819. The first kappa shape index (κ1) is 24.0. The Morgan fingerprint density at radius 3 is 2.39 bits per heavy atom. The van der Waals surface area contributed by atoms with Gasteiger partial charge in [0, 0.05) is 18.3 Å². The van der Waals surface area contributed by atoms with Crippen LogP contribution in [-0.4, -0.2) is 42.5 Å². The van der Waals surface area contributed by atoms with Crippen molar-refractivity contribution in [3.8, 4) is 21.0 Å². The number of nitrogens with one attached hydrogen (secondary N) is 1. The van der Waals surface area contributed by atoms with E-state index < -0.39 is 28.5 Å². The van der Waals surface area contributed by atoms with E-state index in [1.165, 1.54) is 23.5 Å². The molecule has 1 unspecified atom stereocenters. The van der Waals surface area contributed by atoms with E-state index in [4.69, 9.17) is 0 Å². The Morgan fingerprint density at radius 1 is 1.03 bits per heavy atom. The van der Waals surface area contributed by atoms with Crippen LogP contribution in [0.4, 0.5) is 17.6 Å². The van der Waals surface area contributed by atoms with Gasteiger partial charge in [0.05, 0.1) is 10.4 Å². The standard InChI is InChI=1S/C25H23F4N3O2S2/c26-21-7-3-15(4-8-21)22-12-30-23(35-22)17-2-1-16-10-19-5-6-20(11-18(16)9-17)24(19)13-32(14-25(27,28)29)36(33,34)31-24/h1-4,7-9,12,19-20,31H,5-6,10-11,13-14H2/t19-,20?,24+/m0/s1. The molecule has 1 N–H and O–H groups in total. The highest BCUT2D eigenvalue weighted by molar-refractivity contribution is 7.87. The topological polar surface area (TPSA) is 62.3 Å². The van der Waals surface area contributed by atoms with Crippen LogP contribution in [0.15, 0.2) is 48.7 Å². The zero-order valence-corrected chi connectivity index (χ0v) is 20.7. The monoisotopic (exact) mass is 537 g/mol. The fourth-order valence-corrected chi connectivity index (χ4v) is 8.76. The molecule has 3 atom stereocenters. The average Bonchev–Trinajstić information content (AvgIpc) is 3.43. The van der Waals surface area contributed by atoms with Crippen molar-refractivity contribution in [2.45, 2.75) is 37.4 Å². The molecule has 3 aliphatic rings. The highest BCUT2D eigenvalue weighted by Crippen LogP contribution is 2.51. The number of halogens is 4. The van der Waals surface area contributed by atoms with Crippen LogP contribution in [0.3, 0.4) is 0 Å². The molecule has 0 radical (unpaired) electrons. The molecule has 1 saturated heterocycles. The Morgan fingerprint density at radius 2 is 1.69 bits per heavy atom. The summed E-state index contributed by atoms with van der Waals surface area (Å²) in [7, 11) is -4.20. The first-order valence-corrected chi connectivity index (χ1v) is 14.0. The Kier molecular flexibility index (Phi) is 5.56. The van der Waals surface area contributed by atoms with Gasteiger partial charge in [-0.3, -0.25) is 0 Å². The second kappa shape index (κ2) is 8.34. The van der Waals surface area contributed by atoms with Crippen molar-refractivity contribution in [1.82, 2.24) is 14.0 Å². The van der Waals surface area contributed by atoms with Crippen LogP contribution in [0.1, 0.15) is 24.0 Å². The summed E-state index contributed by atoms with van der Waals surface area (Å²) in [4.78, 5) is 5.48. The molecule has 2 bridgehead atoms. The highest BCUT2D eigenvalue weighted by atomic mass is 32.2. The van der Waals surface area contributed by atoms with E-state index in [2.05, 4.69) is 15.8 Å². The van der Waals surface area contributed by atoms with E-state index >= 15 is 0 Å². The Bertz CT molecular complexity index is 1420. The summed E-state index contributed by atoms with van der Waals surface area (Å²) < 4.78 is 81.2. The number of hydrogen-bond donors (Lipinski definition) is 1. The van der Waals surface area contributed by atoms with Crippen molar-refractivity contribution in [3.05, 3.63) is 65.6 Å². The molecule has 190 valence electrons. The maximum atomic E-state index is 13.3. The predicted molar refractivity (Wildman–Crippen MR) is 129 cm³/mol. The summed E-state index contributed by atoms with van der Waals surface area (Å²) in [5.74, 6) is -0.446. The molecule has 1 aliphatic heterocycles. The zero-order valence-electron chi connectivity index (χ0n) is 19.1. The molecule has 0 amide bonds. The molecule has 2 fully saturated rings. The first-order chi connectivity index (χ1) is 17.0. The molecule has 1 saturated carbocycles. The molecular formula is C25H23F4N3O2S2. The van der Waals surface area contributed by atoms with E-state index in [1.807, 2.05) is 12.1 Å². The average molecular weight is 538 g/mol. The van der Waals surface area contributed by atoms with Crippen LogP contribution in [-0.2, 0) is 23.1 Å². The lowest BCUT2D eigenvalue weighted by Gasteiger charge is -2.33. The third-order valence-corrected chi connectivity index (χ3v) is 10.5. The van der Waals surface area contributed by atoms with Gasteiger partial charge < -0.3 is 0 Å². The lowest BCUT2D eigenvalue weighted by atomic mass is 9.79. The molecule has 3 aromatic rings. The minimum atomic E-state index is -4.59. The third-order valence-electron chi connectivity index (χ3n) is 7.79. The molecule has 2 aliphatic carbocycles. The first-order valence-electron chi connectivity index (χ1n) is 11.7. The molecule has 1 spiro atoms. The minimum absolute atomic E-state index is 0.0625. The van der Waals surface area contributed by atoms with Gasteiger partial charge in [-0.15, -0.1) is 11.3 Å². The largest absolute Gasteiger partial charge is 0.402 e. The van der Waals surface area contributed by atoms with Crippen LogP contribution >= 0.6 is 11.3 Å². The number of alkyl halides is 3. The molecule has 5 nitrogen and oxygen atoms in total. The van der Waals surface area contributed by atoms with Crippen molar-refractivity contribution in [1.29, 1.82) is 0 Å². The van der Waals surface area contributed by atoms with Gasteiger partial charge in [0.1, 0.15) is 17.4 Å². The summed E-state index contributed by atoms with van der Waals surface area (Å²) in [5.41, 5.74) is 3.12. The molecule has 1 aromatic heterocycles. The zero-order chi connectivity index (χ0) is 25.3. The number of benzene rings is 2. The van der Waals surface area contributed by atoms with Crippen LogP contribution in [0, 0.1) is 17.7 Å². The van der Waals surface area contributed by atoms with Crippen molar-refractivity contribution >= 4 is 21.5 Å². The fourth-order valence-electron chi connectivity index (χ4n) is 6.13. The molecule has 11 heteroatoms. The van der Waals surface area contributed by atoms with Gasteiger partial charge in [0.25, 0.3) is 10.2 Å². The van der Waals surface area contributed by atoms with Crippen LogP contribution < -0.4 is 4.72 Å². The maximum Gasteiger partial charge on any atom is 0.402 e. The van der Waals surface area contributed by atoms with E-state index in [9.17, 15) is 26.0 Å². The number of hydrogen-bond acceptors (Lipinski definition) is 4. The van der Waals surface area contributed by atoms with E-state index in [0.717, 1.165) is 45.0 Å². The van der Waals surface area contributed by atoms with Gasteiger partial charge in [-0.2, -0.15) is 30.6 Å². The molecule has 2 aromatic carbocycles. The molecular weight excluding hydrogens is 514 g/mol. The quantitative estimate of drug-likeness (QED) is 0.468. The molecule has 36 heavy (non-hydrogen) atoms. The maximum absolute atomic E-state index is 13.3. The second-order valence-corrected chi connectivity index (χ2v) is 12.6. The van der Waals surface area contributed by atoms with Crippen molar-refractivity contribution in [2.75, 3.05) is 13.1 Å². The van der Waals surface area contributed by atoms with Crippen LogP contribution in [0.2, 0.25) is 0 Å². The Hall–Kier alpha value is -2.34. The van der Waals surface area contributed by atoms with Crippen LogP contribution in [0.5, 0.6) is 0 Å². The van der Waals surface area contributed by atoms with E-state index in [1.54, 1.807) is 18.3 Å². The smallest absolute Gasteiger partial charge is 0.244 e. The van der Waals surface area contributed by atoms with Gasteiger partial charge in [-0.25, -0.2) is 9.37 Å². The highest BCUT2D eigenvalue weighted by Gasteiger charge is 2.60. The Labute approximate surface area is 210 Å². The number of rotatable bonds is 3. The van der Waals surface area contributed by atoms with Gasteiger partial charge in [0.15, 0.2) is 0 Å².